The molecule has 2 N–H and O–H groups in total. The van der Waals surface area contributed by atoms with E-state index in [0.29, 0.717) is 17.0 Å². The van der Waals surface area contributed by atoms with Crippen molar-refractivity contribution in [2.75, 3.05) is 12.8 Å². The molecule has 2 aromatic rings. The summed E-state index contributed by atoms with van der Waals surface area (Å²) in [5.41, 5.74) is 7.65. The molecule has 0 saturated heterocycles. The van der Waals surface area contributed by atoms with Crippen LogP contribution >= 0.6 is 0 Å². The Labute approximate surface area is 122 Å². The average molecular weight is 289 g/mol. The number of nitrogen functional groups attached to an aromatic ring is 1. The van der Waals surface area contributed by atoms with Crippen molar-refractivity contribution < 1.29 is 13.9 Å². The fraction of sp³-hybridized carbons (Fsp3) is 0.267. The predicted octanol–water partition coefficient (Wildman–Crippen LogP) is 2.45. The number of nitrogens with two attached hydrogens (primary N) is 1. The van der Waals surface area contributed by atoms with Crippen LogP contribution in [0.25, 0.3) is 11.1 Å². The van der Waals surface area contributed by atoms with Gasteiger partial charge in [0.05, 0.1) is 24.3 Å². The monoisotopic (exact) mass is 289 g/mol. The summed E-state index contributed by atoms with van der Waals surface area (Å²) in [7, 11) is 1.30. The molecule has 0 fully saturated rings. The second kappa shape index (κ2) is 5.87. The van der Waals surface area contributed by atoms with E-state index in [9.17, 15) is 9.18 Å². The van der Waals surface area contributed by atoms with Gasteiger partial charge in [-0.25, -0.2) is 4.98 Å². The van der Waals surface area contributed by atoms with Gasteiger partial charge in [-0.3, -0.25) is 9.78 Å². The zero-order valence-corrected chi connectivity index (χ0v) is 12.1. The summed E-state index contributed by atoms with van der Waals surface area (Å²) >= 11 is 0. The number of hydrogen-bond donors (Lipinski definition) is 1. The van der Waals surface area contributed by atoms with Crippen LogP contribution in [0.2, 0.25) is 0 Å². The maximum absolute atomic E-state index is 14.2. The number of aromatic nitrogens is 2. The van der Waals surface area contributed by atoms with Gasteiger partial charge >= 0.3 is 5.97 Å². The largest absolute Gasteiger partial charge is 0.469 e. The Morgan fingerprint density at radius 1 is 1.48 bits per heavy atom. The molecule has 110 valence electrons. The summed E-state index contributed by atoms with van der Waals surface area (Å²) in [4.78, 5) is 19.7. The lowest BCUT2D eigenvalue weighted by Gasteiger charge is -2.15. The summed E-state index contributed by atoms with van der Waals surface area (Å²) in [6, 6.07) is 4.90. The Morgan fingerprint density at radius 2 is 2.19 bits per heavy atom. The number of rotatable bonds is 3. The Balaban J connectivity index is 2.64. The van der Waals surface area contributed by atoms with Crippen LogP contribution in [0.15, 0.2) is 24.4 Å². The number of anilines is 1. The van der Waals surface area contributed by atoms with Crippen LogP contribution in [0.4, 0.5) is 10.1 Å². The minimum Gasteiger partial charge on any atom is -0.469 e. The van der Waals surface area contributed by atoms with Crippen molar-refractivity contribution in [3.8, 4) is 11.1 Å². The van der Waals surface area contributed by atoms with E-state index >= 15 is 0 Å². The lowest BCUT2D eigenvalue weighted by Crippen LogP contribution is -2.14. The molecule has 0 spiro atoms. The van der Waals surface area contributed by atoms with Gasteiger partial charge in [0.25, 0.3) is 0 Å². The minimum atomic E-state index is -0.682. The molecule has 21 heavy (non-hydrogen) atoms. The lowest BCUT2D eigenvalue weighted by atomic mass is 9.96. The molecule has 0 aliphatic rings. The normalized spacial score (nSPS) is 12.0. The van der Waals surface area contributed by atoms with E-state index < -0.39 is 17.8 Å². The predicted molar refractivity (Wildman–Crippen MR) is 77.0 cm³/mol. The third-order valence-electron chi connectivity index (χ3n) is 3.21. The quantitative estimate of drug-likeness (QED) is 0.693. The average Bonchev–Trinajstić information content (AvgIpc) is 2.45. The van der Waals surface area contributed by atoms with E-state index in [1.54, 1.807) is 32.0 Å². The Bertz CT molecular complexity index is 665. The van der Waals surface area contributed by atoms with E-state index in [1.807, 2.05) is 0 Å². The molecule has 2 rings (SSSR count). The second-order valence-corrected chi connectivity index (χ2v) is 4.70. The van der Waals surface area contributed by atoms with Gasteiger partial charge in [0.2, 0.25) is 5.95 Å². The van der Waals surface area contributed by atoms with E-state index in [0.717, 1.165) is 0 Å². The molecule has 6 heteroatoms. The first-order valence-electron chi connectivity index (χ1n) is 6.41. The standard InChI is InChI=1S/C15H16FN3O2/c1-8-7-11(17)12(14(16)19-8)10-5-4-6-18-13(10)9(2)15(20)21-3/h4-7,9H,1-3H3,(H2,17,19). The van der Waals surface area contributed by atoms with Crippen molar-refractivity contribution in [2.24, 2.45) is 0 Å². The van der Waals surface area contributed by atoms with Crippen LogP contribution in [0.1, 0.15) is 24.2 Å². The summed E-state index contributed by atoms with van der Waals surface area (Å²) in [6.07, 6.45) is 1.54. The van der Waals surface area contributed by atoms with Gasteiger partial charge in [-0.1, -0.05) is 6.07 Å². The minimum absolute atomic E-state index is 0.152. The first kappa shape index (κ1) is 14.9. The van der Waals surface area contributed by atoms with Crippen molar-refractivity contribution in [3.05, 3.63) is 41.7 Å². The van der Waals surface area contributed by atoms with Gasteiger partial charge < -0.3 is 10.5 Å². The van der Waals surface area contributed by atoms with E-state index in [2.05, 4.69) is 9.97 Å². The SMILES string of the molecule is COC(=O)C(C)c1ncccc1-c1c(N)cc(C)nc1F. The van der Waals surface area contributed by atoms with Crippen LogP contribution in [-0.4, -0.2) is 23.0 Å². The molecule has 2 aromatic heterocycles. The zero-order valence-electron chi connectivity index (χ0n) is 12.1. The molecular formula is C15H16FN3O2. The van der Waals surface area contributed by atoms with Gasteiger partial charge in [0.15, 0.2) is 0 Å². The van der Waals surface area contributed by atoms with Gasteiger partial charge in [0, 0.05) is 23.1 Å². The Hall–Kier alpha value is -2.50. The van der Waals surface area contributed by atoms with Crippen molar-refractivity contribution >= 4 is 11.7 Å². The molecule has 0 aliphatic heterocycles. The van der Waals surface area contributed by atoms with Crippen molar-refractivity contribution in [1.29, 1.82) is 0 Å². The van der Waals surface area contributed by atoms with Crippen LogP contribution in [0.3, 0.4) is 0 Å². The highest BCUT2D eigenvalue weighted by Gasteiger charge is 2.24. The van der Waals surface area contributed by atoms with Gasteiger partial charge in [-0.2, -0.15) is 4.39 Å². The molecule has 0 amide bonds. The summed E-state index contributed by atoms with van der Waals surface area (Å²) in [5, 5.41) is 0. The van der Waals surface area contributed by atoms with Crippen LogP contribution in [-0.2, 0) is 9.53 Å². The number of pyridine rings is 2. The van der Waals surface area contributed by atoms with E-state index in [1.165, 1.54) is 13.3 Å². The first-order chi connectivity index (χ1) is 9.95. The van der Waals surface area contributed by atoms with Crippen molar-refractivity contribution in [1.82, 2.24) is 9.97 Å². The van der Waals surface area contributed by atoms with Crippen LogP contribution < -0.4 is 5.73 Å². The van der Waals surface area contributed by atoms with Crippen molar-refractivity contribution in [3.63, 3.8) is 0 Å². The highest BCUT2D eigenvalue weighted by Crippen LogP contribution is 2.33. The Kier molecular flexibility index (Phi) is 4.16. The number of carbonyl (C=O) groups excluding carboxylic acids is 1. The fourth-order valence-corrected chi connectivity index (χ4v) is 2.19. The fourth-order valence-electron chi connectivity index (χ4n) is 2.19. The molecular weight excluding hydrogens is 273 g/mol. The molecule has 0 aromatic carbocycles. The number of aryl methyl sites for hydroxylation is 1. The second-order valence-electron chi connectivity index (χ2n) is 4.70. The molecule has 0 bridgehead atoms. The highest BCUT2D eigenvalue weighted by atomic mass is 19.1. The first-order valence-corrected chi connectivity index (χ1v) is 6.41. The molecule has 5 nitrogen and oxygen atoms in total. The van der Waals surface area contributed by atoms with E-state index in [4.69, 9.17) is 10.5 Å². The topological polar surface area (TPSA) is 78.1 Å². The van der Waals surface area contributed by atoms with Crippen LogP contribution in [0, 0.1) is 12.9 Å². The number of carbonyl (C=O) groups is 1. The lowest BCUT2D eigenvalue weighted by molar-refractivity contribution is -0.142. The molecule has 1 atom stereocenters. The molecule has 0 saturated carbocycles. The molecule has 0 radical (unpaired) electrons. The number of ether oxygens (including phenoxy) is 1. The number of nitrogens with zero attached hydrogens (tertiary/aromatic N) is 2. The molecule has 0 aliphatic carbocycles. The highest BCUT2D eigenvalue weighted by molar-refractivity contribution is 5.84. The Morgan fingerprint density at radius 3 is 2.81 bits per heavy atom. The van der Waals surface area contributed by atoms with Crippen LogP contribution in [0.5, 0.6) is 0 Å². The molecule has 2 heterocycles. The van der Waals surface area contributed by atoms with Gasteiger partial charge in [0.1, 0.15) is 0 Å². The number of esters is 1. The summed E-state index contributed by atoms with van der Waals surface area (Å²) < 4.78 is 18.9. The van der Waals surface area contributed by atoms with Crippen molar-refractivity contribution in [2.45, 2.75) is 19.8 Å². The smallest absolute Gasteiger partial charge is 0.314 e. The zero-order chi connectivity index (χ0) is 15.6. The number of hydrogen-bond acceptors (Lipinski definition) is 5. The summed E-state index contributed by atoms with van der Waals surface area (Å²) in [5.74, 6) is -1.76. The molecule has 1 unspecified atom stereocenters. The maximum atomic E-state index is 14.2. The third-order valence-corrected chi connectivity index (χ3v) is 3.21. The number of halogens is 1. The number of methoxy groups -OCH3 is 1. The third kappa shape index (κ3) is 2.84. The van der Waals surface area contributed by atoms with Gasteiger partial charge in [-0.05, 0) is 26.0 Å². The van der Waals surface area contributed by atoms with E-state index in [-0.39, 0.29) is 11.3 Å². The summed E-state index contributed by atoms with van der Waals surface area (Å²) in [6.45, 7) is 3.30. The maximum Gasteiger partial charge on any atom is 0.314 e. The van der Waals surface area contributed by atoms with Gasteiger partial charge in [-0.15, -0.1) is 0 Å².